The molecule has 0 fully saturated rings. The van der Waals surface area contributed by atoms with E-state index in [9.17, 15) is 0 Å². The van der Waals surface area contributed by atoms with E-state index in [1.165, 1.54) is 109 Å². The maximum Gasteiger partial charge on any atom is 0.0590 e. The maximum atomic E-state index is 2.44. The Morgan fingerprint density at radius 2 is 0.737 bits per heavy atom. The van der Waals surface area contributed by atoms with Gasteiger partial charge >= 0.3 is 0 Å². The maximum absolute atomic E-state index is 2.44. The number of aryl methyl sites for hydroxylation is 1. The number of fused-ring (bicyclic) bond motifs is 13. The first kappa shape index (κ1) is 31.9. The monoisotopic (exact) mass is 724 g/mol. The van der Waals surface area contributed by atoms with Gasteiger partial charge in [-0.1, -0.05) is 158 Å². The standard InChI is InChI=1S/C55H36N2/c1-56-51-19-11-10-18-46(51)47-30-31-52-54(55(47)56)48-29-26-40(34-53(48)57(52)41-14-6-3-7-15-41)37-22-20-36(21-23-37)39-25-28-45-49(33-39)43-17-9-8-16-42(43)44-27-24-38(32-50(44)45)35-12-4-2-5-13-35/h2-34H,1H3. The molecule has 2 heteroatoms. The first-order valence-electron chi connectivity index (χ1n) is 19.7. The van der Waals surface area contributed by atoms with Crippen molar-refractivity contribution in [1.82, 2.24) is 9.13 Å². The molecule has 0 radical (unpaired) electrons. The summed E-state index contributed by atoms with van der Waals surface area (Å²) in [6, 6.07) is 73.7. The number of hydrogen-bond acceptors (Lipinski definition) is 0. The number of aromatic nitrogens is 2. The molecule has 57 heavy (non-hydrogen) atoms. The van der Waals surface area contributed by atoms with Crippen LogP contribution >= 0.6 is 0 Å². The largest absolute Gasteiger partial charge is 0.343 e. The highest BCUT2D eigenvalue weighted by molar-refractivity contribution is 6.27. The number of nitrogens with zero attached hydrogens (tertiary/aromatic N) is 2. The SMILES string of the molecule is Cn1c2ccccc2c2ccc3c(c4ccc(-c5ccc(-c6ccc7c(c6)c6ccccc6c6ccc(-c8ccccc8)cc67)cc5)cc4n3-c3ccccc3)c21. The van der Waals surface area contributed by atoms with Crippen molar-refractivity contribution in [3.63, 3.8) is 0 Å². The smallest absolute Gasteiger partial charge is 0.0590 e. The van der Waals surface area contributed by atoms with Gasteiger partial charge < -0.3 is 9.13 Å². The van der Waals surface area contributed by atoms with Gasteiger partial charge in [-0.25, -0.2) is 0 Å². The normalized spacial score (nSPS) is 11.9. The van der Waals surface area contributed by atoms with Crippen molar-refractivity contribution in [2.45, 2.75) is 0 Å². The van der Waals surface area contributed by atoms with Gasteiger partial charge in [0.05, 0.1) is 16.6 Å². The van der Waals surface area contributed by atoms with Crippen molar-refractivity contribution in [2.75, 3.05) is 0 Å². The molecule has 0 unspecified atom stereocenters. The van der Waals surface area contributed by atoms with E-state index in [0.29, 0.717) is 0 Å². The highest BCUT2D eigenvalue weighted by Crippen LogP contribution is 2.42. The Kier molecular flexibility index (Phi) is 6.88. The lowest BCUT2D eigenvalue weighted by molar-refractivity contribution is 1.02. The number of benzene rings is 10. The predicted molar refractivity (Wildman–Crippen MR) is 244 cm³/mol. The summed E-state index contributed by atoms with van der Waals surface area (Å²) in [4.78, 5) is 0. The molecule has 0 N–H and O–H groups in total. The zero-order chi connectivity index (χ0) is 37.6. The minimum absolute atomic E-state index is 1.16. The van der Waals surface area contributed by atoms with Crippen molar-refractivity contribution < 1.29 is 0 Å². The molecule has 0 aliphatic heterocycles. The van der Waals surface area contributed by atoms with Gasteiger partial charge in [-0.15, -0.1) is 0 Å². The molecule has 2 nitrogen and oxygen atoms in total. The number of para-hydroxylation sites is 2. The van der Waals surface area contributed by atoms with E-state index in [4.69, 9.17) is 0 Å². The summed E-state index contributed by atoms with van der Waals surface area (Å²) in [6.45, 7) is 0. The Labute approximate surface area is 330 Å². The molecule has 0 bridgehead atoms. The zero-order valence-electron chi connectivity index (χ0n) is 31.4. The first-order valence-corrected chi connectivity index (χ1v) is 19.7. The van der Waals surface area contributed by atoms with E-state index in [2.05, 4.69) is 216 Å². The lowest BCUT2D eigenvalue weighted by atomic mass is 9.90. The van der Waals surface area contributed by atoms with Crippen LogP contribution in [0, 0.1) is 0 Å². The molecule has 2 aromatic heterocycles. The van der Waals surface area contributed by atoms with E-state index in [1.807, 2.05) is 0 Å². The van der Waals surface area contributed by atoms with Gasteiger partial charge in [-0.2, -0.15) is 0 Å². The third kappa shape index (κ3) is 4.77. The van der Waals surface area contributed by atoms with Crippen molar-refractivity contribution in [3.05, 3.63) is 200 Å². The van der Waals surface area contributed by atoms with Gasteiger partial charge in [0.2, 0.25) is 0 Å². The number of hydrogen-bond donors (Lipinski definition) is 0. The van der Waals surface area contributed by atoms with Crippen LogP contribution in [0.2, 0.25) is 0 Å². The molecule has 0 aliphatic rings. The quantitative estimate of drug-likeness (QED) is 0.160. The van der Waals surface area contributed by atoms with Gasteiger partial charge in [0.25, 0.3) is 0 Å². The molecule has 2 heterocycles. The third-order valence-corrected chi connectivity index (χ3v) is 12.3. The molecule has 0 saturated heterocycles. The second-order valence-electron chi connectivity index (χ2n) is 15.3. The van der Waals surface area contributed by atoms with Gasteiger partial charge in [0.15, 0.2) is 0 Å². The zero-order valence-corrected chi connectivity index (χ0v) is 31.4. The van der Waals surface area contributed by atoms with Crippen molar-refractivity contribution in [2.24, 2.45) is 7.05 Å². The van der Waals surface area contributed by atoms with E-state index >= 15 is 0 Å². The minimum Gasteiger partial charge on any atom is -0.343 e. The van der Waals surface area contributed by atoms with Crippen molar-refractivity contribution in [3.8, 4) is 39.1 Å². The number of rotatable bonds is 4. The molecule has 0 spiro atoms. The topological polar surface area (TPSA) is 9.86 Å². The van der Waals surface area contributed by atoms with Crippen LogP contribution < -0.4 is 0 Å². The molecule has 12 rings (SSSR count). The molecule has 0 saturated carbocycles. The summed E-state index contributed by atoms with van der Waals surface area (Å²) in [7, 11) is 2.20. The lowest BCUT2D eigenvalue weighted by Gasteiger charge is -2.14. The Morgan fingerprint density at radius 1 is 0.281 bits per heavy atom. The average molecular weight is 725 g/mol. The molecular formula is C55H36N2. The van der Waals surface area contributed by atoms with E-state index in [1.54, 1.807) is 0 Å². The van der Waals surface area contributed by atoms with Crippen LogP contribution in [0.4, 0.5) is 0 Å². The summed E-state index contributed by atoms with van der Waals surface area (Å²) in [5.41, 5.74) is 13.4. The molecule has 266 valence electrons. The first-order chi connectivity index (χ1) is 28.2. The molecule has 10 aromatic carbocycles. The Balaban J connectivity index is 0.994. The van der Waals surface area contributed by atoms with Crippen LogP contribution in [0.25, 0.3) is 115 Å². The molecule has 12 aromatic rings. The fraction of sp³-hybridized carbons (Fsp3) is 0.0182. The Hall–Kier alpha value is -7.42. The lowest BCUT2D eigenvalue weighted by Crippen LogP contribution is -1.93. The van der Waals surface area contributed by atoms with Crippen LogP contribution in [-0.2, 0) is 7.05 Å². The van der Waals surface area contributed by atoms with Crippen LogP contribution in [0.1, 0.15) is 0 Å². The third-order valence-electron chi connectivity index (χ3n) is 12.3. The molecular weight excluding hydrogens is 689 g/mol. The van der Waals surface area contributed by atoms with E-state index in [0.717, 1.165) is 5.69 Å². The summed E-state index contributed by atoms with van der Waals surface area (Å²) in [5, 5.41) is 12.9. The molecule has 0 aliphatic carbocycles. The fourth-order valence-electron chi connectivity index (χ4n) is 9.61. The summed E-state index contributed by atoms with van der Waals surface area (Å²) >= 11 is 0. The summed E-state index contributed by atoms with van der Waals surface area (Å²) < 4.78 is 4.81. The summed E-state index contributed by atoms with van der Waals surface area (Å²) in [5.74, 6) is 0. The predicted octanol–water partition coefficient (Wildman–Crippen LogP) is 14.9. The van der Waals surface area contributed by atoms with Crippen molar-refractivity contribution >= 4 is 75.9 Å². The van der Waals surface area contributed by atoms with Gasteiger partial charge in [-0.3, -0.25) is 0 Å². The molecule has 0 atom stereocenters. The van der Waals surface area contributed by atoms with Gasteiger partial charge in [0.1, 0.15) is 0 Å². The summed E-state index contributed by atoms with van der Waals surface area (Å²) in [6.07, 6.45) is 0. The Morgan fingerprint density at radius 3 is 1.40 bits per heavy atom. The van der Waals surface area contributed by atoms with Crippen LogP contribution in [0.5, 0.6) is 0 Å². The second-order valence-corrected chi connectivity index (χ2v) is 15.3. The minimum atomic E-state index is 1.16. The molecule has 0 amide bonds. The van der Waals surface area contributed by atoms with Crippen molar-refractivity contribution in [1.29, 1.82) is 0 Å². The highest BCUT2D eigenvalue weighted by Gasteiger charge is 2.20. The van der Waals surface area contributed by atoms with E-state index < -0.39 is 0 Å². The second kappa shape index (κ2) is 12.3. The fourth-order valence-corrected chi connectivity index (χ4v) is 9.61. The van der Waals surface area contributed by atoms with Crippen LogP contribution in [0.15, 0.2) is 200 Å². The van der Waals surface area contributed by atoms with Gasteiger partial charge in [0, 0.05) is 39.8 Å². The van der Waals surface area contributed by atoms with Gasteiger partial charge in [-0.05, 0) is 108 Å². The Bertz CT molecular complexity index is 3550. The van der Waals surface area contributed by atoms with Crippen LogP contribution in [-0.4, -0.2) is 9.13 Å². The van der Waals surface area contributed by atoms with E-state index in [-0.39, 0.29) is 0 Å². The highest BCUT2D eigenvalue weighted by atomic mass is 15.0. The van der Waals surface area contributed by atoms with Crippen LogP contribution in [0.3, 0.4) is 0 Å². The average Bonchev–Trinajstić information content (AvgIpc) is 3.77.